The van der Waals surface area contributed by atoms with Crippen molar-refractivity contribution in [3.05, 3.63) is 65.7 Å². The Morgan fingerprint density at radius 3 is 2.36 bits per heavy atom. The second-order valence-electron chi connectivity index (χ2n) is 7.14. The zero-order chi connectivity index (χ0) is 24.0. The number of nitrogens with zero attached hydrogens (tertiary/aromatic N) is 1. The van der Waals surface area contributed by atoms with Gasteiger partial charge < -0.3 is 31.5 Å². The van der Waals surface area contributed by atoms with Crippen molar-refractivity contribution in [2.24, 2.45) is 16.8 Å². The number of aliphatic hydroxyl groups is 1. The summed E-state index contributed by atoms with van der Waals surface area (Å²) in [5, 5.41) is 22.8. The number of amides is 3. The van der Waals surface area contributed by atoms with E-state index in [0.29, 0.717) is 17.1 Å². The Balaban J connectivity index is 1.94. The number of aryl methyl sites for hydroxylation is 1. The number of fused-ring (bicyclic) bond motifs is 1. The SMILES string of the molecule is COC(=O)C(CC1=C(O)Nc2ccccc2N1)/C(=N\NC(N)=O)C(=O)Nc1ccccc1C. The predicted molar refractivity (Wildman–Crippen MR) is 123 cm³/mol. The molecule has 0 bridgehead atoms. The molecule has 0 radical (unpaired) electrons. The van der Waals surface area contributed by atoms with Crippen LogP contribution in [-0.2, 0) is 14.3 Å². The van der Waals surface area contributed by atoms with Gasteiger partial charge in [0.2, 0.25) is 5.88 Å². The number of nitrogens with two attached hydrogens (primary N) is 1. The van der Waals surface area contributed by atoms with Crippen LogP contribution >= 0.6 is 0 Å². The summed E-state index contributed by atoms with van der Waals surface area (Å²) in [7, 11) is 1.16. The molecule has 2 aromatic carbocycles. The molecular formula is C22H24N6O5. The molecule has 0 aromatic heterocycles. The number of hydrogen-bond donors (Lipinski definition) is 6. The molecule has 1 aliphatic rings. The van der Waals surface area contributed by atoms with Gasteiger partial charge in [-0.2, -0.15) is 5.10 Å². The molecule has 172 valence electrons. The van der Waals surface area contributed by atoms with Crippen molar-refractivity contribution in [1.29, 1.82) is 0 Å². The van der Waals surface area contributed by atoms with Crippen LogP contribution in [0.5, 0.6) is 0 Å². The Hall–Kier alpha value is -4.54. The van der Waals surface area contributed by atoms with Crippen molar-refractivity contribution in [3.63, 3.8) is 0 Å². The van der Waals surface area contributed by atoms with Gasteiger partial charge in [-0.15, -0.1) is 0 Å². The van der Waals surface area contributed by atoms with Gasteiger partial charge in [-0.3, -0.25) is 9.59 Å². The molecular weight excluding hydrogens is 428 g/mol. The number of urea groups is 1. The van der Waals surface area contributed by atoms with E-state index in [1.165, 1.54) is 0 Å². The van der Waals surface area contributed by atoms with Crippen LogP contribution in [0, 0.1) is 12.8 Å². The number of benzene rings is 2. The van der Waals surface area contributed by atoms with Gasteiger partial charge in [0.05, 0.1) is 24.2 Å². The zero-order valence-electron chi connectivity index (χ0n) is 18.0. The molecule has 0 saturated carbocycles. The maximum Gasteiger partial charge on any atom is 0.332 e. The fraction of sp³-hybridized carbons (Fsp3) is 0.182. The van der Waals surface area contributed by atoms with Crippen molar-refractivity contribution in [2.45, 2.75) is 13.3 Å². The maximum absolute atomic E-state index is 13.1. The largest absolute Gasteiger partial charge is 0.493 e. The molecule has 3 rings (SSSR count). The van der Waals surface area contributed by atoms with Gasteiger partial charge in [-0.05, 0) is 30.7 Å². The lowest BCUT2D eigenvalue weighted by Gasteiger charge is -2.25. The fourth-order valence-corrected chi connectivity index (χ4v) is 3.21. The number of primary amides is 1. The number of carbonyl (C=O) groups is 3. The summed E-state index contributed by atoms with van der Waals surface area (Å²) in [6.45, 7) is 1.80. The van der Waals surface area contributed by atoms with Gasteiger partial charge in [0.1, 0.15) is 11.6 Å². The first-order valence-electron chi connectivity index (χ1n) is 9.93. The Kier molecular flexibility index (Phi) is 7.13. The highest BCUT2D eigenvalue weighted by Gasteiger charge is 2.34. The van der Waals surface area contributed by atoms with E-state index in [-0.39, 0.29) is 23.7 Å². The molecule has 1 atom stereocenters. The first kappa shape index (κ1) is 23.1. The third kappa shape index (κ3) is 5.58. The molecule has 11 nitrogen and oxygen atoms in total. The standard InChI is InChI=1S/C22H24N6O5/c1-12-7-3-4-8-14(12)25-20(30)18(27-28-22(23)32)13(21(31)33-2)11-17-19(29)26-16-10-6-5-9-15(16)24-17/h3-10,13,24,26,29H,11H2,1-2H3,(H,25,30)(H3,23,28,32)/b27-18+. The number of rotatable bonds is 7. The molecule has 3 amide bonds. The van der Waals surface area contributed by atoms with Gasteiger partial charge in [-0.25, -0.2) is 10.2 Å². The summed E-state index contributed by atoms with van der Waals surface area (Å²) in [5.41, 5.74) is 9.53. The number of esters is 1. The van der Waals surface area contributed by atoms with Crippen LogP contribution in [0.3, 0.4) is 0 Å². The van der Waals surface area contributed by atoms with Gasteiger partial charge in [0.25, 0.3) is 5.91 Å². The topological polar surface area (TPSA) is 167 Å². The van der Waals surface area contributed by atoms with Crippen LogP contribution in [-0.4, -0.2) is 35.8 Å². The van der Waals surface area contributed by atoms with Gasteiger partial charge in [0.15, 0.2) is 0 Å². The molecule has 33 heavy (non-hydrogen) atoms. The van der Waals surface area contributed by atoms with Crippen LogP contribution in [0.2, 0.25) is 0 Å². The molecule has 0 spiro atoms. The van der Waals surface area contributed by atoms with Crippen LogP contribution in [0.4, 0.5) is 21.9 Å². The molecule has 11 heteroatoms. The number of hydrogen-bond acceptors (Lipinski definition) is 8. The average molecular weight is 452 g/mol. The third-order valence-electron chi connectivity index (χ3n) is 4.89. The van der Waals surface area contributed by atoms with E-state index in [1.807, 2.05) is 5.43 Å². The number of ether oxygens (including phenoxy) is 1. The maximum atomic E-state index is 13.1. The number of aliphatic hydroxyl groups excluding tert-OH is 1. The Morgan fingerprint density at radius 2 is 1.73 bits per heavy atom. The number of para-hydroxylation sites is 3. The van der Waals surface area contributed by atoms with E-state index in [0.717, 1.165) is 12.7 Å². The Morgan fingerprint density at radius 1 is 1.09 bits per heavy atom. The van der Waals surface area contributed by atoms with Gasteiger partial charge in [-0.1, -0.05) is 30.3 Å². The van der Waals surface area contributed by atoms with Crippen LogP contribution in [0.1, 0.15) is 12.0 Å². The molecule has 2 aromatic rings. The van der Waals surface area contributed by atoms with Gasteiger partial charge in [0, 0.05) is 12.1 Å². The summed E-state index contributed by atoms with van der Waals surface area (Å²) in [6.07, 6.45) is -0.194. The number of anilines is 3. The fourth-order valence-electron chi connectivity index (χ4n) is 3.21. The summed E-state index contributed by atoms with van der Waals surface area (Å²) >= 11 is 0. The minimum absolute atomic E-state index is 0.194. The molecule has 0 aliphatic carbocycles. The van der Waals surface area contributed by atoms with Crippen molar-refractivity contribution in [3.8, 4) is 0 Å². The van der Waals surface area contributed by atoms with E-state index in [2.05, 4.69) is 21.1 Å². The Labute approximate surface area is 189 Å². The summed E-state index contributed by atoms with van der Waals surface area (Å²) in [6, 6.07) is 13.1. The lowest BCUT2D eigenvalue weighted by atomic mass is 9.95. The highest BCUT2D eigenvalue weighted by atomic mass is 16.5. The number of carbonyl (C=O) groups excluding carboxylic acids is 3. The Bertz CT molecular complexity index is 1140. The molecule has 7 N–H and O–H groups in total. The summed E-state index contributed by atoms with van der Waals surface area (Å²) < 4.78 is 4.87. The second kappa shape index (κ2) is 10.2. The molecule has 0 saturated heterocycles. The lowest BCUT2D eigenvalue weighted by Crippen LogP contribution is -2.39. The first-order chi connectivity index (χ1) is 15.8. The highest BCUT2D eigenvalue weighted by Crippen LogP contribution is 2.31. The quantitative estimate of drug-likeness (QED) is 0.213. The molecule has 1 aliphatic heterocycles. The highest BCUT2D eigenvalue weighted by molar-refractivity contribution is 6.46. The van der Waals surface area contributed by atoms with Crippen molar-refractivity contribution < 1.29 is 24.2 Å². The molecule has 0 fully saturated rings. The minimum Gasteiger partial charge on any atom is -0.493 e. The number of allylic oxidation sites excluding steroid dienone is 1. The van der Waals surface area contributed by atoms with E-state index < -0.39 is 23.8 Å². The van der Waals surface area contributed by atoms with E-state index in [9.17, 15) is 19.5 Å². The van der Waals surface area contributed by atoms with Crippen molar-refractivity contribution in [1.82, 2.24) is 5.43 Å². The monoisotopic (exact) mass is 452 g/mol. The summed E-state index contributed by atoms with van der Waals surface area (Å²) in [4.78, 5) is 37.0. The second-order valence-corrected chi connectivity index (χ2v) is 7.14. The third-order valence-corrected chi connectivity index (χ3v) is 4.89. The van der Waals surface area contributed by atoms with Gasteiger partial charge >= 0.3 is 12.0 Å². The molecule has 1 heterocycles. The predicted octanol–water partition coefficient (Wildman–Crippen LogP) is 2.40. The average Bonchev–Trinajstić information content (AvgIpc) is 2.79. The summed E-state index contributed by atoms with van der Waals surface area (Å²) in [5.74, 6) is -3.08. The zero-order valence-corrected chi connectivity index (χ0v) is 18.0. The smallest absolute Gasteiger partial charge is 0.332 e. The normalized spacial score (nSPS) is 13.7. The van der Waals surface area contributed by atoms with Crippen LogP contribution in [0.15, 0.2) is 65.2 Å². The van der Waals surface area contributed by atoms with Crippen molar-refractivity contribution in [2.75, 3.05) is 23.1 Å². The number of hydrazone groups is 1. The van der Waals surface area contributed by atoms with E-state index in [4.69, 9.17) is 10.5 Å². The van der Waals surface area contributed by atoms with E-state index in [1.54, 1.807) is 55.5 Å². The number of nitrogens with one attached hydrogen (secondary N) is 4. The minimum atomic E-state index is -1.29. The van der Waals surface area contributed by atoms with E-state index >= 15 is 0 Å². The molecule has 1 unspecified atom stereocenters. The lowest BCUT2D eigenvalue weighted by molar-refractivity contribution is -0.143. The van der Waals surface area contributed by atoms with Crippen molar-refractivity contribution >= 4 is 40.7 Å². The van der Waals surface area contributed by atoms with Crippen LogP contribution < -0.4 is 27.1 Å². The van der Waals surface area contributed by atoms with Crippen LogP contribution in [0.25, 0.3) is 0 Å². The number of methoxy groups -OCH3 is 1. The first-order valence-corrected chi connectivity index (χ1v) is 9.93.